The van der Waals surface area contributed by atoms with Gasteiger partial charge in [0, 0.05) is 18.8 Å². The molecule has 2 rings (SSSR count). The van der Waals surface area contributed by atoms with Gasteiger partial charge in [-0.25, -0.2) is 0 Å². The molecule has 1 aliphatic carbocycles. The lowest BCUT2D eigenvalue weighted by molar-refractivity contribution is 0.414. The Morgan fingerprint density at radius 2 is 1.82 bits per heavy atom. The number of benzene rings is 1. The summed E-state index contributed by atoms with van der Waals surface area (Å²) in [5.74, 6) is 0. The topological polar surface area (TPSA) is 15.3 Å². The lowest BCUT2D eigenvalue weighted by Crippen LogP contribution is -2.43. The van der Waals surface area contributed by atoms with Gasteiger partial charge in [0.05, 0.1) is 0 Å². The minimum atomic E-state index is 0.572. The number of nitrogens with one attached hydrogen (secondary N) is 1. The molecule has 2 nitrogen and oxygen atoms in total. The third-order valence-corrected chi connectivity index (χ3v) is 3.77. The van der Waals surface area contributed by atoms with Crippen LogP contribution < -0.4 is 10.2 Å². The van der Waals surface area contributed by atoms with E-state index in [0.717, 1.165) is 10.8 Å². The van der Waals surface area contributed by atoms with Crippen LogP contribution in [0.3, 0.4) is 0 Å². The largest absolute Gasteiger partial charge is 0.360 e. The van der Waals surface area contributed by atoms with Crippen molar-refractivity contribution < 1.29 is 0 Å². The Hall–Kier alpha value is -1.09. The minimum Gasteiger partial charge on any atom is -0.360 e. The molecule has 0 radical (unpaired) electrons. The van der Waals surface area contributed by atoms with E-state index in [-0.39, 0.29) is 0 Å². The Morgan fingerprint density at radius 1 is 1.18 bits per heavy atom. The first-order chi connectivity index (χ1) is 8.27. The van der Waals surface area contributed by atoms with Crippen molar-refractivity contribution in [3.63, 3.8) is 0 Å². The van der Waals surface area contributed by atoms with Gasteiger partial charge in [0.1, 0.15) is 0 Å². The van der Waals surface area contributed by atoms with Crippen LogP contribution >= 0.6 is 12.2 Å². The molecule has 17 heavy (non-hydrogen) atoms. The Kier molecular flexibility index (Phi) is 4.37. The fraction of sp³-hybridized carbons (Fsp3) is 0.500. The van der Waals surface area contributed by atoms with Crippen LogP contribution in [0.2, 0.25) is 0 Å². The Bertz CT molecular complexity index is 358. The van der Waals surface area contributed by atoms with Crippen molar-refractivity contribution in [1.82, 2.24) is 5.32 Å². The summed E-state index contributed by atoms with van der Waals surface area (Å²) in [6.07, 6.45) is 6.54. The van der Waals surface area contributed by atoms with Gasteiger partial charge in [-0.05, 0) is 37.2 Å². The van der Waals surface area contributed by atoms with Crippen molar-refractivity contribution in [2.45, 2.75) is 38.1 Å². The highest BCUT2D eigenvalue weighted by molar-refractivity contribution is 7.80. The quantitative estimate of drug-likeness (QED) is 0.808. The maximum Gasteiger partial charge on any atom is 0.173 e. The molecular formula is C14H20N2S. The maximum atomic E-state index is 5.45. The highest BCUT2D eigenvalue weighted by Crippen LogP contribution is 2.18. The molecule has 0 bridgehead atoms. The van der Waals surface area contributed by atoms with Crippen LogP contribution in [0.1, 0.15) is 32.1 Å². The fourth-order valence-electron chi connectivity index (χ4n) is 2.29. The Balaban J connectivity index is 1.91. The zero-order chi connectivity index (χ0) is 12.1. The average molecular weight is 248 g/mol. The van der Waals surface area contributed by atoms with E-state index in [1.54, 1.807) is 0 Å². The highest BCUT2D eigenvalue weighted by atomic mass is 32.1. The number of para-hydroxylation sites is 1. The summed E-state index contributed by atoms with van der Waals surface area (Å²) in [5, 5.41) is 4.31. The monoisotopic (exact) mass is 248 g/mol. The molecule has 0 saturated heterocycles. The molecule has 3 heteroatoms. The number of hydrogen-bond donors (Lipinski definition) is 1. The Morgan fingerprint density at radius 3 is 2.47 bits per heavy atom. The van der Waals surface area contributed by atoms with Crippen LogP contribution in [-0.4, -0.2) is 18.2 Å². The standard InChI is InChI=1S/C14H20N2S/c1-16(13-10-6-3-7-11-13)14(17)15-12-8-4-2-5-9-12/h3,6-7,10-12H,2,4-5,8-9H2,1H3,(H,15,17). The summed E-state index contributed by atoms with van der Waals surface area (Å²) in [7, 11) is 2.02. The molecule has 1 saturated carbocycles. The molecule has 0 aliphatic heterocycles. The summed E-state index contributed by atoms with van der Waals surface area (Å²) < 4.78 is 0. The van der Waals surface area contributed by atoms with Crippen molar-refractivity contribution in [1.29, 1.82) is 0 Å². The number of rotatable bonds is 2. The highest BCUT2D eigenvalue weighted by Gasteiger charge is 2.15. The van der Waals surface area contributed by atoms with Gasteiger partial charge in [0.25, 0.3) is 0 Å². The van der Waals surface area contributed by atoms with Gasteiger partial charge in [-0.3, -0.25) is 0 Å². The van der Waals surface area contributed by atoms with Crippen molar-refractivity contribution in [3.8, 4) is 0 Å². The number of hydrogen-bond acceptors (Lipinski definition) is 1. The maximum absolute atomic E-state index is 5.45. The Labute approximate surface area is 109 Å². The SMILES string of the molecule is CN(C(=S)NC1CCCCC1)c1ccccc1. The normalized spacial score (nSPS) is 16.5. The zero-order valence-corrected chi connectivity index (χ0v) is 11.2. The summed E-state index contributed by atoms with van der Waals surface area (Å²) >= 11 is 5.45. The molecular weight excluding hydrogens is 228 g/mol. The third kappa shape index (κ3) is 3.43. The zero-order valence-electron chi connectivity index (χ0n) is 10.4. The summed E-state index contributed by atoms with van der Waals surface area (Å²) in [6, 6.07) is 10.8. The predicted octanol–water partition coefficient (Wildman–Crippen LogP) is 3.33. The van der Waals surface area contributed by atoms with Crippen LogP contribution in [-0.2, 0) is 0 Å². The fourth-order valence-corrected chi connectivity index (χ4v) is 2.56. The van der Waals surface area contributed by atoms with Crippen LogP contribution in [0.5, 0.6) is 0 Å². The lowest BCUT2D eigenvalue weighted by atomic mass is 9.96. The molecule has 0 atom stereocenters. The van der Waals surface area contributed by atoms with Gasteiger partial charge in [-0.1, -0.05) is 37.5 Å². The third-order valence-electron chi connectivity index (χ3n) is 3.38. The van der Waals surface area contributed by atoms with Crippen molar-refractivity contribution in [2.75, 3.05) is 11.9 Å². The van der Waals surface area contributed by atoms with Gasteiger partial charge in [0.2, 0.25) is 0 Å². The van der Waals surface area contributed by atoms with Gasteiger partial charge in [-0.2, -0.15) is 0 Å². The molecule has 0 heterocycles. The van der Waals surface area contributed by atoms with E-state index in [1.807, 2.05) is 30.1 Å². The van der Waals surface area contributed by atoms with Crippen molar-refractivity contribution in [2.24, 2.45) is 0 Å². The second-order valence-corrected chi connectivity index (χ2v) is 5.07. The molecule has 1 aromatic carbocycles. The summed E-state index contributed by atoms with van der Waals surface area (Å²) in [4.78, 5) is 2.05. The molecule has 0 spiro atoms. The first-order valence-corrected chi connectivity index (χ1v) is 6.77. The van der Waals surface area contributed by atoms with Crippen LogP contribution in [0.15, 0.2) is 30.3 Å². The van der Waals surface area contributed by atoms with Crippen LogP contribution in [0.4, 0.5) is 5.69 Å². The molecule has 0 amide bonds. The number of thiocarbonyl (C=S) groups is 1. The van der Waals surface area contributed by atoms with Crippen LogP contribution in [0, 0.1) is 0 Å². The van der Waals surface area contributed by atoms with E-state index < -0.39 is 0 Å². The smallest absolute Gasteiger partial charge is 0.173 e. The van der Waals surface area contributed by atoms with E-state index in [4.69, 9.17) is 12.2 Å². The van der Waals surface area contributed by atoms with E-state index >= 15 is 0 Å². The van der Waals surface area contributed by atoms with E-state index in [9.17, 15) is 0 Å². The number of nitrogens with zero attached hydrogens (tertiary/aromatic N) is 1. The molecule has 92 valence electrons. The summed E-state index contributed by atoms with van der Waals surface area (Å²) in [6.45, 7) is 0. The van der Waals surface area contributed by atoms with Crippen molar-refractivity contribution in [3.05, 3.63) is 30.3 Å². The molecule has 0 unspecified atom stereocenters. The second-order valence-electron chi connectivity index (χ2n) is 4.68. The van der Waals surface area contributed by atoms with E-state index in [0.29, 0.717) is 6.04 Å². The van der Waals surface area contributed by atoms with Gasteiger partial charge >= 0.3 is 0 Å². The van der Waals surface area contributed by atoms with Crippen molar-refractivity contribution >= 4 is 23.0 Å². The predicted molar refractivity (Wildman–Crippen MR) is 77.5 cm³/mol. The van der Waals surface area contributed by atoms with E-state index in [2.05, 4.69) is 17.4 Å². The van der Waals surface area contributed by atoms with E-state index in [1.165, 1.54) is 32.1 Å². The van der Waals surface area contributed by atoms with Gasteiger partial charge in [0.15, 0.2) is 5.11 Å². The van der Waals surface area contributed by atoms with Gasteiger partial charge < -0.3 is 10.2 Å². The molecule has 1 N–H and O–H groups in total. The molecule has 0 aromatic heterocycles. The average Bonchev–Trinajstić information content (AvgIpc) is 2.40. The number of anilines is 1. The second kappa shape index (κ2) is 6.01. The molecule has 1 aliphatic rings. The van der Waals surface area contributed by atoms with Crippen LogP contribution in [0.25, 0.3) is 0 Å². The first kappa shape index (κ1) is 12.4. The lowest BCUT2D eigenvalue weighted by Gasteiger charge is -2.28. The summed E-state index contributed by atoms with van der Waals surface area (Å²) in [5.41, 5.74) is 1.14. The minimum absolute atomic E-state index is 0.572. The molecule has 1 fully saturated rings. The molecule has 1 aromatic rings. The first-order valence-electron chi connectivity index (χ1n) is 6.36. The van der Waals surface area contributed by atoms with Gasteiger partial charge in [-0.15, -0.1) is 0 Å².